The van der Waals surface area contributed by atoms with Crippen molar-refractivity contribution in [1.29, 1.82) is 0 Å². The number of nitrogens with zero attached hydrogens (tertiary/aromatic N) is 4. The zero-order valence-electron chi connectivity index (χ0n) is 31.7. The maximum atomic E-state index is 8.81. The fourth-order valence-corrected chi connectivity index (χ4v) is 9.60. The molecule has 4 nitrogen and oxygen atoms in total. The van der Waals surface area contributed by atoms with E-state index in [4.69, 9.17) is 21.8 Å². The minimum Gasteiger partial charge on any atom is -0.309 e. The number of benzene rings is 7. The fraction of sp³-hybridized carbons (Fsp3) is 0. The molecule has 4 aromatic heterocycles. The Kier molecular flexibility index (Phi) is 5.25. The van der Waals surface area contributed by atoms with E-state index >= 15 is 0 Å². The van der Waals surface area contributed by atoms with Crippen molar-refractivity contribution >= 4 is 84.8 Å². The van der Waals surface area contributed by atoms with Crippen LogP contribution in [-0.2, 0) is 0 Å². The zero-order chi connectivity index (χ0) is 37.8. The van der Waals surface area contributed by atoms with E-state index in [1.165, 1.54) is 15.5 Å². The summed E-state index contributed by atoms with van der Waals surface area (Å²) in [6, 6.07) is 41.9. The first-order valence-corrected chi connectivity index (χ1v) is 18.2. The third-order valence-electron chi connectivity index (χ3n) is 9.56. The first kappa shape index (κ1) is 24.0. The summed E-state index contributed by atoms with van der Waals surface area (Å²) < 4.78 is 49.4. The lowest BCUT2D eigenvalue weighted by Crippen LogP contribution is -2.00. The number of hydrogen-bond acceptors (Lipinski definition) is 5. The molecule has 0 atom stereocenters. The van der Waals surface area contributed by atoms with Gasteiger partial charge >= 0.3 is 0 Å². The van der Waals surface area contributed by atoms with E-state index in [0.717, 1.165) is 63.5 Å². The first-order chi connectivity index (χ1) is 27.3. The summed E-state index contributed by atoms with van der Waals surface area (Å²) in [7, 11) is 0. The van der Waals surface area contributed by atoms with Crippen molar-refractivity contribution < 1.29 is 6.85 Å². The Balaban J connectivity index is 1.14. The number of aromatic nitrogens is 4. The summed E-state index contributed by atoms with van der Waals surface area (Å²) in [5, 5.41) is 6.76. The molecule has 0 unspecified atom stereocenters. The molecule has 0 aliphatic carbocycles. The Morgan fingerprint density at radius 1 is 0.451 bits per heavy atom. The van der Waals surface area contributed by atoms with Gasteiger partial charge in [0.05, 0.1) is 17.9 Å². The average molecular weight is 692 g/mol. The van der Waals surface area contributed by atoms with E-state index in [2.05, 4.69) is 102 Å². The van der Waals surface area contributed by atoms with Gasteiger partial charge in [0, 0.05) is 73.5 Å². The van der Waals surface area contributed by atoms with Crippen LogP contribution in [0.3, 0.4) is 0 Å². The van der Waals surface area contributed by atoms with Gasteiger partial charge in [0.25, 0.3) is 0 Å². The van der Waals surface area contributed by atoms with E-state index in [1.807, 2.05) is 30.3 Å². The van der Waals surface area contributed by atoms with E-state index in [9.17, 15) is 0 Å². The van der Waals surface area contributed by atoms with Crippen molar-refractivity contribution in [1.82, 2.24) is 19.5 Å². The summed E-state index contributed by atoms with van der Waals surface area (Å²) in [6.45, 7) is 0. The van der Waals surface area contributed by atoms with Crippen molar-refractivity contribution in [2.24, 2.45) is 0 Å². The highest BCUT2D eigenvalue weighted by molar-refractivity contribution is 7.26. The highest BCUT2D eigenvalue weighted by Crippen LogP contribution is 2.42. The van der Waals surface area contributed by atoms with E-state index in [1.54, 1.807) is 22.7 Å². The van der Waals surface area contributed by atoms with Gasteiger partial charge in [-0.15, -0.1) is 22.7 Å². The van der Waals surface area contributed by atoms with Crippen LogP contribution in [0.5, 0.6) is 0 Å². The quantitative estimate of drug-likeness (QED) is 0.184. The van der Waals surface area contributed by atoms with Crippen LogP contribution in [0.1, 0.15) is 6.85 Å². The molecule has 11 aromatic rings. The van der Waals surface area contributed by atoms with Crippen molar-refractivity contribution in [2.75, 3.05) is 0 Å². The van der Waals surface area contributed by atoms with Crippen molar-refractivity contribution in [3.8, 4) is 39.9 Å². The first-order valence-electron chi connectivity index (χ1n) is 19.0. The molecule has 0 amide bonds. The Labute approximate surface area is 307 Å². The van der Waals surface area contributed by atoms with Crippen LogP contribution in [-0.4, -0.2) is 19.5 Å². The lowest BCUT2D eigenvalue weighted by Gasteiger charge is -2.09. The second-order valence-electron chi connectivity index (χ2n) is 12.4. The van der Waals surface area contributed by atoms with Crippen molar-refractivity contribution in [3.05, 3.63) is 158 Å². The van der Waals surface area contributed by atoms with Gasteiger partial charge in [0.2, 0.25) is 0 Å². The number of hydrogen-bond donors (Lipinski definition) is 0. The lowest BCUT2D eigenvalue weighted by molar-refractivity contribution is 1.08. The molecule has 0 fully saturated rings. The van der Waals surface area contributed by atoms with Gasteiger partial charge in [-0.1, -0.05) is 103 Å². The van der Waals surface area contributed by atoms with Crippen LogP contribution in [0.2, 0.25) is 0 Å². The molecule has 0 bridgehead atoms. The number of fused-ring (bicyclic) bond motifs is 9. The molecule has 0 radical (unpaired) electrons. The number of rotatable bonds is 4. The molecule has 0 aliphatic rings. The summed E-state index contributed by atoms with van der Waals surface area (Å²) in [5.41, 5.74) is 4.77. The van der Waals surface area contributed by atoms with Crippen molar-refractivity contribution in [2.45, 2.75) is 0 Å². The Morgan fingerprint density at radius 2 is 1.10 bits per heavy atom. The van der Waals surface area contributed by atoms with Crippen LogP contribution in [0.15, 0.2) is 158 Å². The second-order valence-corrected chi connectivity index (χ2v) is 14.6. The molecule has 7 aromatic carbocycles. The van der Waals surface area contributed by atoms with Crippen LogP contribution in [0.25, 0.3) is 102 Å². The normalized spacial score (nSPS) is 13.3. The Morgan fingerprint density at radius 3 is 1.90 bits per heavy atom. The van der Waals surface area contributed by atoms with Gasteiger partial charge < -0.3 is 4.57 Å². The maximum Gasteiger partial charge on any atom is 0.165 e. The summed E-state index contributed by atoms with van der Waals surface area (Å²) in [6.07, 6.45) is 0. The molecule has 0 saturated heterocycles. The molecule has 6 heteroatoms. The number of para-hydroxylation sites is 2. The second kappa shape index (κ2) is 11.2. The third kappa shape index (κ3) is 4.47. The van der Waals surface area contributed by atoms with E-state index in [-0.39, 0.29) is 23.5 Å². The SMILES string of the molecule is [2H]c1c([2H])c([2H])c(-c2nc(-c3ccc4sc5ccccc5c4c3)nc(-c3cccc4c3sc3cc(-n5c6ccccc6c6ccccc65)ccc34)n2)c([2H])c1[2H]. The molecular weight excluding hydrogens is 661 g/mol. The summed E-state index contributed by atoms with van der Waals surface area (Å²) in [4.78, 5) is 14.8. The fourth-order valence-electron chi connectivity index (χ4n) is 7.27. The monoisotopic (exact) mass is 691 g/mol. The highest BCUT2D eigenvalue weighted by Gasteiger charge is 2.19. The van der Waals surface area contributed by atoms with Gasteiger partial charge in [-0.3, -0.25) is 0 Å². The molecule has 4 heterocycles. The maximum absolute atomic E-state index is 8.81. The minimum absolute atomic E-state index is 0.0176. The molecule has 11 rings (SSSR count). The lowest BCUT2D eigenvalue weighted by atomic mass is 10.1. The minimum atomic E-state index is -0.469. The zero-order valence-corrected chi connectivity index (χ0v) is 28.4. The van der Waals surface area contributed by atoms with Gasteiger partial charge in [-0.25, -0.2) is 15.0 Å². The van der Waals surface area contributed by atoms with Crippen LogP contribution in [0, 0.1) is 0 Å². The molecule has 51 heavy (non-hydrogen) atoms. The van der Waals surface area contributed by atoms with Crippen molar-refractivity contribution in [3.63, 3.8) is 0 Å². The standard InChI is InChI=1S/C45H26N4S2/c1-2-11-27(12-3-1)43-46-44(28-21-24-40-36(25-28)32-15-6-9-20-39(32)50-40)48-45(47-43)35-17-10-16-34-33-23-22-29(26-41(33)51-42(34)35)49-37-18-7-4-13-30(37)31-14-5-8-19-38(31)49/h1-26H/i1D,2D,3D,11D,12D. The Hall–Kier alpha value is -6.21. The average Bonchev–Trinajstić information content (AvgIpc) is 3.91. The Bertz CT molecular complexity index is 3380. The smallest absolute Gasteiger partial charge is 0.165 e. The molecule has 0 aliphatic heterocycles. The molecule has 0 N–H and O–H groups in total. The molecule has 0 saturated carbocycles. The van der Waals surface area contributed by atoms with Crippen LogP contribution >= 0.6 is 22.7 Å². The van der Waals surface area contributed by atoms with Crippen LogP contribution in [0.4, 0.5) is 0 Å². The number of thiophene rings is 2. The summed E-state index contributed by atoms with van der Waals surface area (Å²) >= 11 is 3.37. The molecular formula is C45H26N4S2. The van der Waals surface area contributed by atoms with Gasteiger partial charge in [-0.05, 0) is 54.6 Å². The predicted molar refractivity (Wildman–Crippen MR) is 216 cm³/mol. The van der Waals surface area contributed by atoms with Gasteiger partial charge in [-0.2, -0.15) is 0 Å². The molecule has 238 valence electrons. The van der Waals surface area contributed by atoms with E-state index < -0.39 is 18.1 Å². The topological polar surface area (TPSA) is 43.6 Å². The van der Waals surface area contributed by atoms with E-state index in [0.29, 0.717) is 11.6 Å². The predicted octanol–water partition coefficient (Wildman–Crippen LogP) is 12.7. The van der Waals surface area contributed by atoms with Gasteiger partial charge in [0.1, 0.15) is 0 Å². The third-order valence-corrected chi connectivity index (χ3v) is 11.9. The van der Waals surface area contributed by atoms with Crippen LogP contribution < -0.4 is 0 Å². The molecule has 0 spiro atoms. The summed E-state index contributed by atoms with van der Waals surface area (Å²) in [5.74, 6) is 0.719. The largest absolute Gasteiger partial charge is 0.309 e. The van der Waals surface area contributed by atoms with Gasteiger partial charge in [0.15, 0.2) is 17.5 Å². The highest BCUT2D eigenvalue weighted by atomic mass is 32.1.